The summed E-state index contributed by atoms with van der Waals surface area (Å²) in [5.41, 5.74) is 8.78. The predicted molar refractivity (Wildman–Crippen MR) is 88.0 cm³/mol. The summed E-state index contributed by atoms with van der Waals surface area (Å²) in [4.78, 5) is 2.40. The summed E-state index contributed by atoms with van der Waals surface area (Å²) < 4.78 is 7.26. The van der Waals surface area contributed by atoms with Crippen molar-refractivity contribution in [2.75, 3.05) is 11.4 Å². The van der Waals surface area contributed by atoms with Crippen molar-refractivity contribution in [2.24, 2.45) is 5.73 Å². The fourth-order valence-corrected chi connectivity index (χ4v) is 4.04. The predicted octanol–water partition coefficient (Wildman–Crippen LogP) is 4.22. The van der Waals surface area contributed by atoms with Crippen LogP contribution >= 0.6 is 15.9 Å². The molecule has 2 N–H and O–H groups in total. The number of anilines is 1. The number of benzene rings is 2. The fraction of sp³-hybridized carbons (Fsp3) is 0.294. The zero-order valence-corrected chi connectivity index (χ0v) is 13.2. The number of ether oxygens (including phenoxy) is 1. The molecular weight excluding hydrogens is 328 g/mol. The number of nitrogens with zero attached hydrogens (tertiary/aromatic N) is 1. The van der Waals surface area contributed by atoms with Crippen LogP contribution < -0.4 is 15.4 Å². The third-order valence-corrected chi connectivity index (χ3v) is 5.01. The largest absolute Gasteiger partial charge is 0.455 e. The van der Waals surface area contributed by atoms with Crippen LogP contribution in [-0.2, 0) is 0 Å². The summed E-state index contributed by atoms with van der Waals surface area (Å²) in [7, 11) is 0. The van der Waals surface area contributed by atoms with Crippen molar-refractivity contribution in [2.45, 2.75) is 24.9 Å². The van der Waals surface area contributed by atoms with Gasteiger partial charge in [-0.1, -0.05) is 24.3 Å². The molecule has 4 rings (SSSR count). The van der Waals surface area contributed by atoms with Crippen LogP contribution in [0, 0.1) is 0 Å². The number of piperidine rings is 1. The molecule has 4 heteroatoms. The minimum atomic E-state index is 0.126. The van der Waals surface area contributed by atoms with Gasteiger partial charge < -0.3 is 15.4 Å². The van der Waals surface area contributed by atoms with E-state index in [1.165, 1.54) is 5.56 Å². The number of fused-ring (bicyclic) bond motifs is 5. The Hall–Kier alpha value is -1.52. The molecule has 2 aromatic carbocycles. The molecule has 3 nitrogen and oxygen atoms in total. The normalized spacial score (nSPS) is 23.4. The zero-order valence-electron chi connectivity index (χ0n) is 11.6. The summed E-state index contributed by atoms with van der Waals surface area (Å²) in [6.45, 7) is 1.01. The molecular formula is C17H17BrN2O. The Bertz CT molecular complexity index is 688. The van der Waals surface area contributed by atoms with Gasteiger partial charge in [0.2, 0.25) is 0 Å². The lowest BCUT2D eigenvalue weighted by Crippen LogP contribution is -2.45. The van der Waals surface area contributed by atoms with Gasteiger partial charge >= 0.3 is 0 Å². The third-order valence-electron chi connectivity index (χ3n) is 4.37. The highest BCUT2D eigenvalue weighted by atomic mass is 79.9. The molecule has 0 radical (unpaired) electrons. The van der Waals surface area contributed by atoms with E-state index in [0.29, 0.717) is 0 Å². The van der Waals surface area contributed by atoms with Crippen LogP contribution in [0.25, 0.3) is 0 Å². The summed E-state index contributed by atoms with van der Waals surface area (Å²) in [6, 6.07) is 14.7. The first kappa shape index (κ1) is 13.2. The Kier molecular flexibility index (Phi) is 3.16. The van der Waals surface area contributed by atoms with Crippen molar-refractivity contribution in [1.29, 1.82) is 0 Å². The molecule has 2 aliphatic rings. The lowest BCUT2D eigenvalue weighted by molar-refractivity contribution is 0.408. The van der Waals surface area contributed by atoms with Crippen molar-refractivity contribution in [3.05, 3.63) is 52.5 Å². The average Bonchev–Trinajstić information content (AvgIpc) is 2.63. The monoisotopic (exact) mass is 344 g/mol. The summed E-state index contributed by atoms with van der Waals surface area (Å²) in [5, 5.41) is 0. The molecule has 0 amide bonds. The van der Waals surface area contributed by atoms with Crippen molar-refractivity contribution in [3.63, 3.8) is 0 Å². The fourth-order valence-electron chi connectivity index (χ4n) is 3.47. The number of halogens is 1. The van der Waals surface area contributed by atoms with Crippen LogP contribution in [0.15, 0.2) is 46.9 Å². The van der Waals surface area contributed by atoms with Crippen molar-refractivity contribution < 1.29 is 4.74 Å². The first-order chi connectivity index (χ1) is 10.3. The van der Waals surface area contributed by atoms with Gasteiger partial charge in [0.1, 0.15) is 5.75 Å². The van der Waals surface area contributed by atoms with Crippen molar-refractivity contribution >= 4 is 21.6 Å². The molecule has 1 saturated heterocycles. The van der Waals surface area contributed by atoms with E-state index >= 15 is 0 Å². The number of hydrogen-bond acceptors (Lipinski definition) is 3. The number of rotatable bonds is 0. The topological polar surface area (TPSA) is 38.5 Å². The van der Waals surface area contributed by atoms with E-state index in [9.17, 15) is 0 Å². The second-order valence-electron chi connectivity index (χ2n) is 5.67. The summed E-state index contributed by atoms with van der Waals surface area (Å²) in [6.07, 6.45) is 2.16. The SMILES string of the molecule is N[C@@H]1CCCN2c3c(Br)cccc3Oc3ccccc3[C@H]12. The Balaban J connectivity index is 1.97. The molecule has 2 aromatic rings. The maximum atomic E-state index is 6.47. The van der Waals surface area contributed by atoms with Crippen LogP contribution in [0.5, 0.6) is 11.5 Å². The van der Waals surface area contributed by atoms with Crippen LogP contribution in [0.1, 0.15) is 24.4 Å². The minimum Gasteiger partial charge on any atom is -0.455 e. The molecule has 2 atom stereocenters. The van der Waals surface area contributed by atoms with Gasteiger partial charge in [-0.25, -0.2) is 0 Å². The van der Waals surface area contributed by atoms with E-state index in [1.807, 2.05) is 24.3 Å². The van der Waals surface area contributed by atoms with Gasteiger partial charge in [-0.15, -0.1) is 0 Å². The van der Waals surface area contributed by atoms with E-state index in [2.05, 4.69) is 39.0 Å². The third kappa shape index (κ3) is 2.05. The van der Waals surface area contributed by atoms with Crippen LogP contribution in [-0.4, -0.2) is 12.6 Å². The molecule has 2 aliphatic heterocycles. The second-order valence-corrected chi connectivity index (χ2v) is 6.53. The Labute approximate surface area is 132 Å². The van der Waals surface area contributed by atoms with Gasteiger partial charge in [0.25, 0.3) is 0 Å². The zero-order chi connectivity index (χ0) is 14.4. The molecule has 108 valence electrons. The molecule has 0 aliphatic carbocycles. The van der Waals surface area contributed by atoms with Crippen LogP contribution in [0.3, 0.4) is 0 Å². The first-order valence-corrected chi connectivity index (χ1v) is 8.12. The highest BCUT2D eigenvalue weighted by Gasteiger charge is 2.36. The van der Waals surface area contributed by atoms with E-state index in [0.717, 1.165) is 41.0 Å². The van der Waals surface area contributed by atoms with Crippen LogP contribution in [0.4, 0.5) is 5.69 Å². The van der Waals surface area contributed by atoms with Gasteiger partial charge in [-0.2, -0.15) is 0 Å². The smallest absolute Gasteiger partial charge is 0.151 e. The maximum absolute atomic E-state index is 6.47. The molecule has 21 heavy (non-hydrogen) atoms. The van der Waals surface area contributed by atoms with Crippen molar-refractivity contribution in [1.82, 2.24) is 0 Å². The number of hydrogen-bond donors (Lipinski definition) is 1. The Morgan fingerprint density at radius 2 is 1.90 bits per heavy atom. The molecule has 0 unspecified atom stereocenters. The van der Waals surface area contributed by atoms with Gasteiger partial charge in [-0.3, -0.25) is 0 Å². The standard InChI is InChI=1S/C17H17BrN2O/c18-12-6-3-9-15-17(12)20-10-4-7-13(19)16(20)11-5-1-2-8-14(11)21-15/h1-3,5-6,8-9,13,16H,4,7,10,19H2/t13-,16-/m1/s1. The molecule has 0 bridgehead atoms. The lowest BCUT2D eigenvalue weighted by Gasteiger charge is -2.41. The molecule has 0 aromatic heterocycles. The average molecular weight is 345 g/mol. The summed E-state index contributed by atoms with van der Waals surface area (Å²) >= 11 is 3.68. The first-order valence-electron chi connectivity index (χ1n) is 7.33. The van der Waals surface area contributed by atoms with Gasteiger partial charge in [0, 0.05) is 22.6 Å². The lowest BCUT2D eigenvalue weighted by atomic mass is 9.90. The van der Waals surface area contributed by atoms with Crippen molar-refractivity contribution in [3.8, 4) is 11.5 Å². The Morgan fingerprint density at radius 1 is 1.10 bits per heavy atom. The molecule has 2 heterocycles. The highest BCUT2D eigenvalue weighted by molar-refractivity contribution is 9.10. The highest BCUT2D eigenvalue weighted by Crippen LogP contribution is 2.49. The molecule has 1 fully saturated rings. The summed E-state index contributed by atoms with van der Waals surface area (Å²) in [5.74, 6) is 1.81. The second kappa shape index (κ2) is 5.04. The van der Waals surface area contributed by atoms with E-state index in [1.54, 1.807) is 0 Å². The van der Waals surface area contributed by atoms with E-state index < -0.39 is 0 Å². The molecule has 0 spiro atoms. The van der Waals surface area contributed by atoms with E-state index in [4.69, 9.17) is 10.5 Å². The molecule has 0 saturated carbocycles. The Morgan fingerprint density at radius 3 is 2.81 bits per heavy atom. The maximum Gasteiger partial charge on any atom is 0.151 e. The number of para-hydroxylation sites is 2. The number of nitrogens with two attached hydrogens (primary N) is 1. The van der Waals surface area contributed by atoms with E-state index in [-0.39, 0.29) is 12.1 Å². The van der Waals surface area contributed by atoms with Crippen LogP contribution in [0.2, 0.25) is 0 Å². The van der Waals surface area contributed by atoms with Gasteiger partial charge in [0.05, 0.1) is 11.7 Å². The van der Waals surface area contributed by atoms with Gasteiger partial charge in [0.15, 0.2) is 5.75 Å². The quantitative estimate of drug-likeness (QED) is 0.777. The minimum absolute atomic E-state index is 0.126. The van der Waals surface area contributed by atoms with Gasteiger partial charge in [-0.05, 0) is 47.0 Å².